The summed E-state index contributed by atoms with van der Waals surface area (Å²) < 4.78 is 40.2. The molecule has 0 radical (unpaired) electrons. The van der Waals surface area contributed by atoms with Crippen molar-refractivity contribution in [3.8, 4) is 5.75 Å². The van der Waals surface area contributed by atoms with E-state index in [2.05, 4.69) is 15.0 Å². The molecule has 0 amide bonds. The second kappa shape index (κ2) is 7.15. The number of hydrogen-bond acceptors (Lipinski definition) is 3. The molecule has 0 saturated heterocycles. The van der Waals surface area contributed by atoms with E-state index in [1.165, 1.54) is 24.3 Å². The molecule has 0 saturated carbocycles. The Kier molecular flexibility index (Phi) is 5.41. The zero-order chi connectivity index (χ0) is 16.4. The van der Waals surface area contributed by atoms with E-state index in [4.69, 9.17) is 11.6 Å². The fourth-order valence-corrected chi connectivity index (χ4v) is 2.29. The summed E-state index contributed by atoms with van der Waals surface area (Å²) in [5, 5.41) is 4.43. The van der Waals surface area contributed by atoms with Crippen molar-refractivity contribution in [2.75, 3.05) is 5.32 Å². The Bertz CT molecular complexity index is 839. The Morgan fingerprint density at radius 2 is 1.67 bits per heavy atom. The summed E-state index contributed by atoms with van der Waals surface area (Å²) in [5.74, 6) is 0.257. The van der Waals surface area contributed by atoms with Gasteiger partial charge in [0.15, 0.2) is 0 Å². The molecule has 2 aromatic carbocycles. The molecule has 0 aliphatic rings. The van der Waals surface area contributed by atoms with Gasteiger partial charge in [-0.1, -0.05) is 23.7 Å². The summed E-state index contributed by atoms with van der Waals surface area (Å²) in [4.78, 5) is 4.40. The highest BCUT2D eigenvalue weighted by Gasteiger charge is 2.30. The molecule has 1 aromatic heterocycles. The van der Waals surface area contributed by atoms with Gasteiger partial charge in [0.25, 0.3) is 0 Å². The van der Waals surface area contributed by atoms with E-state index in [9.17, 15) is 13.2 Å². The normalized spacial score (nSPS) is 11.0. The third-order valence-electron chi connectivity index (χ3n) is 3.03. The lowest BCUT2D eigenvalue weighted by Gasteiger charge is -2.10. The number of benzene rings is 2. The van der Waals surface area contributed by atoms with Crippen LogP contribution in [0.15, 0.2) is 54.6 Å². The van der Waals surface area contributed by atoms with E-state index in [-0.39, 0.29) is 18.2 Å². The Morgan fingerprint density at radius 3 is 2.33 bits per heavy atom. The van der Waals surface area contributed by atoms with E-state index in [0.29, 0.717) is 22.0 Å². The first kappa shape index (κ1) is 18.2. The maximum atomic E-state index is 12.1. The van der Waals surface area contributed by atoms with Crippen LogP contribution in [0.5, 0.6) is 5.75 Å². The second-order valence-corrected chi connectivity index (χ2v) is 5.11. The topological polar surface area (TPSA) is 34.1 Å². The average molecular weight is 375 g/mol. The van der Waals surface area contributed by atoms with Crippen LogP contribution in [0.4, 0.5) is 24.7 Å². The number of hydrogen-bond donors (Lipinski definition) is 1. The SMILES string of the molecule is Cl.FC(F)(F)Oc1ccc(Nc2ccc3cccc(Cl)c3n2)cc1. The quantitative estimate of drug-likeness (QED) is 0.614. The van der Waals surface area contributed by atoms with E-state index in [0.717, 1.165) is 5.39 Å². The minimum absolute atomic E-state index is 0. The summed E-state index contributed by atoms with van der Waals surface area (Å²) in [5.41, 5.74) is 1.23. The number of para-hydroxylation sites is 1. The monoisotopic (exact) mass is 374 g/mol. The van der Waals surface area contributed by atoms with Gasteiger partial charge < -0.3 is 10.1 Å². The highest BCUT2D eigenvalue weighted by atomic mass is 35.5. The van der Waals surface area contributed by atoms with Crippen molar-refractivity contribution < 1.29 is 17.9 Å². The molecular weight excluding hydrogens is 364 g/mol. The summed E-state index contributed by atoms with van der Waals surface area (Å²) in [7, 11) is 0. The van der Waals surface area contributed by atoms with Crippen LogP contribution in [-0.4, -0.2) is 11.3 Å². The fourth-order valence-electron chi connectivity index (χ4n) is 2.07. The van der Waals surface area contributed by atoms with E-state index in [1.807, 2.05) is 18.2 Å². The number of ether oxygens (including phenoxy) is 1. The van der Waals surface area contributed by atoms with Crippen molar-refractivity contribution in [1.82, 2.24) is 4.98 Å². The summed E-state index contributed by atoms with van der Waals surface area (Å²) in [6, 6.07) is 14.5. The third kappa shape index (κ3) is 4.43. The second-order valence-electron chi connectivity index (χ2n) is 4.71. The van der Waals surface area contributed by atoms with Crippen molar-refractivity contribution in [2.24, 2.45) is 0 Å². The highest BCUT2D eigenvalue weighted by Crippen LogP contribution is 2.27. The number of fused-ring (bicyclic) bond motifs is 1. The van der Waals surface area contributed by atoms with Crippen molar-refractivity contribution in [3.05, 3.63) is 59.6 Å². The molecule has 0 unspecified atom stereocenters. The van der Waals surface area contributed by atoms with Crippen molar-refractivity contribution in [2.45, 2.75) is 6.36 Å². The van der Waals surface area contributed by atoms with Gasteiger partial charge >= 0.3 is 6.36 Å². The van der Waals surface area contributed by atoms with Crippen molar-refractivity contribution in [3.63, 3.8) is 0 Å². The number of pyridine rings is 1. The third-order valence-corrected chi connectivity index (χ3v) is 3.34. The number of alkyl halides is 3. The Morgan fingerprint density at radius 1 is 0.958 bits per heavy atom. The largest absolute Gasteiger partial charge is 0.573 e. The van der Waals surface area contributed by atoms with E-state index in [1.54, 1.807) is 12.1 Å². The molecule has 126 valence electrons. The standard InChI is InChI=1S/C16H10ClF3N2O.ClH/c17-13-3-1-2-10-4-9-14(22-15(10)13)21-11-5-7-12(8-6-11)23-16(18,19)20;/h1-9H,(H,21,22);1H. The number of halogens is 5. The molecule has 1 heterocycles. The molecule has 3 rings (SSSR count). The van der Waals surface area contributed by atoms with Crippen LogP contribution in [-0.2, 0) is 0 Å². The molecule has 24 heavy (non-hydrogen) atoms. The number of nitrogens with zero attached hydrogens (tertiary/aromatic N) is 1. The number of aromatic nitrogens is 1. The molecule has 0 atom stereocenters. The Hall–Kier alpha value is -2.18. The molecule has 3 aromatic rings. The smallest absolute Gasteiger partial charge is 0.406 e. The fraction of sp³-hybridized carbons (Fsp3) is 0.0625. The zero-order valence-electron chi connectivity index (χ0n) is 12.0. The van der Waals surface area contributed by atoms with Gasteiger partial charge in [-0.05, 0) is 42.5 Å². The molecule has 0 fully saturated rings. The van der Waals surface area contributed by atoms with Gasteiger partial charge in [0, 0.05) is 11.1 Å². The van der Waals surface area contributed by atoms with Crippen LogP contribution in [0.3, 0.4) is 0 Å². The van der Waals surface area contributed by atoms with Gasteiger partial charge in [-0.3, -0.25) is 0 Å². The van der Waals surface area contributed by atoms with Crippen LogP contribution >= 0.6 is 24.0 Å². The van der Waals surface area contributed by atoms with Gasteiger partial charge in [-0.25, -0.2) is 4.98 Å². The lowest BCUT2D eigenvalue weighted by Crippen LogP contribution is -2.16. The van der Waals surface area contributed by atoms with Gasteiger partial charge in [0.2, 0.25) is 0 Å². The Labute approximate surface area is 146 Å². The van der Waals surface area contributed by atoms with Crippen LogP contribution in [0.2, 0.25) is 5.02 Å². The molecule has 8 heteroatoms. The summed E-state index contributed by atoms with van der Waals surface area (Å²) >= 11 is 6.10. The molecule has 0 spiro atoms. The summed E-state index contributed by atoms with van der Waals surface area (Å²) in [6.07, 6.45) is -4.70. The lowest BCUT2D eigenvalue weighted by molar-refractivity contribution is -0.274. The summed E-state index contributed by atoms with van der Waals surface area (Å²) in [6.45, 7) is 0. The van der Waals surface area contributed by atoms with Gasteiger partial charge in [0.1, 0.15) is 11.6 Å². The first-order valence-corrected chi connectivity index (χ1v) is 6.97. The predicted octanol–water partition coefficient (Wildman–Crippen LogP) is 5.95. The average Bonchev–Trinajstić information content (AvgIpc) is 2.49. The molecule has 3 nitrogen and oxygen atoms in total. The predicted molar refractivity (Wildman–Crippen MR) is 90.4 cm³/mol. The van der Waals surface area contributed by atoms with Crippen LogP contribution in [0.1, 0.15) is 0 Å². The molecule has 0 aliphatic heterocycles. The number of anilines is 2. The highest BCUT2D eigenvalue weighted by molar-refractivity contribution is 6.35. The van der Waals surface area contributed by atoms with E-state index < -0.39 is 6.36 Å². The molecule has 1 N–H and O–H groups in total. The first-order chi connectivity index (χ1) is 10.9. The molecular formula is C16H11Cl2F3N2O. The van der Waals surface area contributed by atoms with Crippen molar-refractivity contribution >= 4 is 46.4 Å². The zero-order valence-corrected chi connectivity index (χ0v) is 13.5. The van der Waals surface area contributed by atoms with Gasteiger partial charge in [-0.2, -0.15) is 0 Å². The minimum atomic E-state index is -4.70. The first-order valence-electron chi connectivity index (χ1n) is 6.59. The number of nitrogens with one attached hydrogen (secondary N) is 1. The van der Waals surface area contributed by atoms with Crippen LogP contribution < -0.4 is 10.1 Å². The maximum absolute atomic E-state index is 12.1. The van der Waals surface area contributed by atoms with Gasteiger partial charge in [0.05, 0.1) is 10.5 Å². The Balaban J connectivity index is 0.00000208. The lowest BCUT2D eigenvalue weighted by atomic mass is 10.2. The van der Waals surface area contributed by atoms with Crippen molar-refractivity contribution in [1.29, 1.82) is 0 Å². The van der Waals surface area contributed by atoms with Crippen LogP contribution in [0.25, 0.3) is 10.9 Å². The van der Waals surface area contributed by atoms with Crippen LogP contribution in [0, 0.1) is 0 Å². The van der Waals surface area contributed by atoms with Gasteiger partial charge in [-0.15, -0.1) is 25.6 Å². The minimum Gasteiger partial charge on any atom is -0.406 e. The molecule has 0 aliphatic carbocycles. The molecule has 0 bridgehead atoms. The van der Waals surface area contributed by atoms with E-state index >= 15 is 0 Å². The number of rotatable bonds is 3. The maximum Gasteiger partial charge on any atom is 0.573 e.